The monoisotopic (exact) mass is 336 g/mol. The van der Waals surface area contributed by atoms with E-state index in [9.17, 15) is 4.79 Å². The van der Waals surface area contributed by atoms with E-state index in [0.29, 0.717) is 17.9 Å². The summed E-state index contributed by atoms with van der Waals surface area (Å²) in [7, 11) is 0. The molecular formula is C18H25ClN2O2. The third-order valence-corrected chi connectivity index (χ3v) is 3.86. The van der Waals surface area contributed by atoms with Crippen LogP contribution in [0.2, 0.25) is 0 Å². The fourth-order valence-electron chi connectivity index (χ4n) is 2.48. The number of amides is 1. The first kappa shape index (κ1) is 19.3. The molecule has 2 rings (SSSR count). The highest BCUT2D eigenvalue weighted by molar-refractivity contribution is 5.94. The zero-order valence-corrected chi connectivity index (χ0v) is 14.5. The zero-order valence-electron chi connectivity index (χ0n) is 13.7. The molecule has 1 aromatic heterocycles. The van der Waals surface area contributed by atoms with Crippen molar-refractivity contribution in [3.8, 4) is 0 Å². The number of unbranched alkanes of at least 4 members (excludes halogenated alkanes) is 1. The van der Waals surface area contributed by atoms with Crippen molar-refractivity contribution in [1.82, 2.24) is 4.90 Å². The van der Waals surface area contributed by atoms with Crippen LogP contribution in [-0.4, -0.2) is 17.4 Å². The van der Waals surface area contributed by atoms with Crippen LogP contribution in [0.4, 0.5) is 0 Å². The molecule has 2 N–H and O–H groups in total. The van der Waals surface area contributed by atoms with Crippen molar-refractivity contribution < 1.29 is 9.21 Å². The molecule has 4 nitrogen and oxygen atoms in total. The lowest BCUT2D eigenvalue weighted by atomic mass is 10.1. The van der Waals surface area contributed by atoms with Gasteiger partial charge >= 0.3 is 0 Å². The Morgan fingerprint density at radius 1 is 1.30 bits per heavy atom. The third kappa shape index (κ3) is 4.85. The lowest BCUT2D eigenvalue weighted by Crippen LogP contribution is -2.34. The number of carbonyl (C=O) groups excluding carboxylic acids is 1. The second kappa shape index (κ2) is 9.38. The molecule has 5 heteroatoms. The summed E-state index contributed by atoms with van der Waals surface area (Å²) in [6.07, 6.45) is 3.52. The molecule has 0 aliphatic heterocycles. The molecule has 0 aliphatic rings. The molecule has 1 aromatic carbocycles. The Balaban J connectivity index is 0.00000264. The molecule has 126 valence electrons. The second-order valence-electron chi connectivity index (χ2n) is 5.44. The normalized spacial score (nSPS) is 11.6. The molecule has 0 saturated heterocycles. The average molecular weight is 337 g/mol. The van der Waals surface area contributed by atoms with Gasteiger partial charge in [0.25, 0.3) is 5.91 Å². The van der Waals surface area contributed by atoms with E-state index in [1.807, 2.05) is 23.1 Å². The molecule has 0 bridgehead atoms. The highest BCUT2D eigenvalue weighted by Crippen LogP contribution is 2.23. The van der Waals surface area contributed by atoms with Crippen LogP contribution >= 0.6 is 12.4 Å². The first-order valence-corrected chi connectivity index (χ1v) is 7.80. The predicted octanol–water partition coefficient (Wildman–Crippen LogP) is 4.16. The van der Waals surface area contributed by atoms with Gasteiger partial charge in [-0.1, -0.05) is 43.7 Å². The molecule has 0 fully saturated rings. The summed E-state index contributed by atoms with van der Waals surface area (Å²) in [5, 5.41) is 0. The minimum absolute atomic E-state index is 0. The van der Waals surface area contributed by atoms with E-state index in [1.54, 1.807) is 6.07 Å². The van der Waals surface area contributed by atoms with Crippen LogP contribution < -0.4 is 5.73 Å². The zero-order chi connectivity index (χ0) is 15.9. The molecule has 1 atom stereocenters. The van der Waals surface area contributed by atoms with Gasteiger partial charge in [0.05, 0.1) is 18.2 Å². The van der Waals surface area contributed by atoms with Crippen LogP contribution in [0, 0.1) is 0 Å². The summed E-state index contributed by atoms with van der Waals surface area (Å²) in [5.41, 5.74) is 7.25. The van der Waals surface area contributed by atoms with Crippen LogP contribution in [0.5, 0.6) is 0 Å². The standard InChI is InChI=1S/C18H24N2O2.ClH/c1-3-4-10-20(14(2)15-8-6-5-7-9-15)18(21)16-11-17(12-19)22-13-16;/h5-9,11,13-14H,3-4,10,12,19H2,1-2H3;1H. The van der Waals surface area contributed by atoms with Crippen molar-refractivity contribution in [2.75, 3.05) is 6.54 Å². The predicted molar refractivity (Wildman–Crippen MR) is 94.6 cm³/mol. The number of rotatable bonds is 7. The number of hydrogen-bond acceptors (Lipinski definition) is 3. The topological polar surface area (TPSA) is 59.5 Å². The highest BCUT2D eigenvalue weighted by Gasteiger charge is 2.23. The Morgan fingerprint density at radius 3 is 2.57 bits per heavy atom. The van der Waals surface area contributed by atoms with Crippen molar-refractivity contribution in [1.29, 1.82) is 0 Å². The summed E-state index contributed by atoms with van der Waals surface area (Å²) in [5.74, 6) is 0.624. The van der Waals surface area contributed by atoms with E-state index >= 15 is 0 Å². The maximum absolute atomic E-state index is 12.8. The van der Waals surface area contributed by atoms with E-state index in [4.69, 9.17) is 10.2 Å². The lowest BCUT2D eigenvalue weighted by molar-refractivity contribution is 0.0687. The van der Waals surface area contributed by atoms with Crippen molar-refractivity contribution in [2.24, 2.45) is 5.73 Å². The Bertz CT molecular complexity index is 598. The van der Waals surface area contributed by atoms with E-state index in [1.165, 1.54) is 6.26 Å². The Kier molecular flexibility index (Phi) is 7.86. The summed E-state index contributed by atoms with van der Waals surface area (Å²) in [4.78, 5) is 14.7. The number of carbonyl (C=O) groups is 1. The van der Waals surface area contributed by atoms with Gasteiger partial charge in [0.1, 0.15) is 12.0 Å². The number of halogens is 1. The van der Waals surface area contributed by atoms with Crippen molar-refractivity contribution in [2.45, 2.75) is 39.3 Å². The van der Waals surface area contributed by atoms with Gasteiger partial charge < -0.3 is 15.1 Å². The SMILES string of the molecule is CCCCN(C(=O)c1coc(CN)c1)C(C)c1ccccc1.Cl. The molecule has 0 saturated carbocycles. The van der Waals surface area contributed by atoms with Gasteiger partial charge in [-0.25, -0.2) is 0 Å². The quantitative estimate of drug-likeness (QED) is 0.825. The largest absolute Gasteiger partial charge is 0.467 e. The number of benzene rings is 1. The lowest BCUT2D eigenvalue weighted by Gasteiger charge is -2.29. The van der Waals surface area contributed by atoms with E-state index < -0.39 is 0 Å². The summed E-state index contributed by atoms with van der Waals surface area (Å²) in [6.45, 7) is 5.22. The maximum Gasteiger partial charge on any atom is 0.257 e. The third-order valence-electron chi connectivity index (χ3n) is 3.86. The maximum atomic E-state index is 12.8. The number of hydrogen-bond donors (Lipinski definition) is 1. The summed E-state index contributed by atoms with van der Waals surface area (Å²) >= 11 is 0. The smallest absolute Gasteiger partial charge is 0.257 e. The summed E-state index contributed by atoms with van der Waals surface area (Å²) in [6, 6.07) is 11.8. The van der Waals surface area contributed by atoms with Crippen molar-refractivity contribution in [3.63, 3.8) is 0 Å². The molecule has 0 aliphatic carbocycles. The van der Waals surface area contributed by atoms with Gasteiger partial charge in [0.2, 0.25) is 0 Å². The molecule has 1 amide bonds. The van der Waals surface area contributed by atoms with Gasteiger partial charge in [-0.2, -0.15) is 0 Å². The minimum Gasteiger partial charge on any atom is -0.467 e. The fraction of sp³-hybridized carbons (Fsp3) is 0.389. The molecular weight excluding hydrogens is 312 g/mol. The molecule has 1 heterocycles. The number of nitrogens with two attached hydrogens (primary N) is 1. The van der Waals surface area contributed by atoms with Crippen LogP contribution in [0.25, 0.3) is 0 Å². The Labute approximate surface area is 144 Å². The van der Waals surface area contributed by atoms with E-state index in [2.05, 4.69) is 26.0 Å². The van der Waals surface area contributed by atoms with Gasteiger partial charge in [-0.05, 0) is 25.0 Å². The second-order valence-corrected chi connectivity index (χ2v) is 5.44. The number of furan rings is 1. The Hall–Kier alpha value is -1.78. The van der Waals surface area contributed by atoms with Gasteiger partial charge in [-0.15, -0.1) is 12.4 Å². The van der Waals surface area contributed by atoms with Crippen LogP contribution in [-0.2, 0) is 6.54 Å². The van der Waals surface area contributed by atoms with Crippen LogP contribution in [0.3, 0.4) is 0 Å². The van der Waals surface area contributed by atoms with Crippen molar-refractivity contribution in [3.05, 3.63) is 59.5 Å². The van der Waals surface area contributed by atoms with E-state index in [-0.39, 0.29) is 24.4 Å². The van der Waals surface area contributed by atoms with Gasteiger partial charge in [0, 0.05) is 6.54 Å². The van der Waals surface area contributed by atoms with Gasteiger partial charge in [-0.3, -0.25) is 4.79 Å². The van der Waals surface area contributed by atoms with E-state index in [0.717, 1.165) is 24.9 Å². The molecule has 23 heavy (non-hydrogen) atoms. The van der Waals surface area contributed by atoms with Gasteiger partial charge in [0.15, 0.2) is 0 Å². The summed E-state index contributed by atoms with van der Waals surface area (Å²) < 4.78 is 5.30. The fourth-order valence-corrected chi connectivity index (χ4v) is 2.48. The molecule has 0 radical (unpaired) electrons. The number of nitrogens with zero attached hydrogens (tertiary/aromatic N) is 1. The highest BCUT2D eigenvalue weighted by atomic mass is 35.5. The Morgan fingerprint density at radius 2 is 2.00 bits per heavy atom. The first-order chi connectivity index (χ1) is 10.7. The average Bonchev–Trinajstić information content (AvgIpc) is 3.04. The molecule has 1 unspecified atom stereocenters. The van der Waals surface area contributed by atoms with Crippen molar-refractivity contribution >= 4 is 18.3 Å². The molecule has 2 aromatic rings. The first-order valence-electron chi connectivity index (χ1n) is 7.80. The molecule has 0 spiro atoms. The van der Waals surface area contributed by atoms with Crippen LogP contribution in [0.15, 0.2) is 47.1 Å². The van der Waals surface area contributed by atoms with Crippen LogP contribution in [0.1, 0.15) is 54.4 Å². The minimum atomic E-state index is -0.00625.